The Hall–Kier alpha value is -0.540. The van der Waals surface area contributed by atoms with Crippen molar-refractivity contribution in [1.29, 1.82) is 0 Å². The average molecular weight is 284 g/mol. The Morgan fingerprint density at radius 3 is 2.88 bits per heavy atom. The van der Waals surface area contributed by atoms with Crippen molar-refractivity contribution in [2.45, 2.75) is 38.6 Å². The van der Waals surface area contributed by atoms with E-state index < -0.39 is 0 Å². The summed E-state index contributed by atoms with van der Waals surface area (Å²) in [5, 5.41) is 0. The van der Waals surface area contributed by atoms with Crippen LogP contribution in [-0.4, -0.2) is 12.1 Å². The van der Waals surface area contributed by atoms with Gasteiger partial charge in [-0.2, -0.15) is 0 Å². The summed E-state index contributed by atoms with van der Waals surface area (Å²) in [6, 6.07) is 4.35. The van der Waals surface area contributed by atoms with E-state index in [0.29, 0.717) is 0 Å². The van der Waals surface area contributed by atoms with Crippen LogP contribution in [0.5, 0.6) is 5.75 Å². The maximum atomic E-state index is 6.05. The molecule has 1 aliphatic heterocycles. The summed E-state index contributed by atoms with van der Waals surface area (Å²) in [6.07, 6.45) is 3.10. The topological polar surface area (TPSA) is 35.2 Å². The molecule has 0 amide bonds. The van der Waals surface area contributed by atoms with E-state index in [-0.39, 0.29) is 5.54 Å². The molecule has 0 bridgehead atoms. The smallest absolute Gasteiger partial charge is 0.136 e. The Balaban J connectivity index is 2.32. The fraction of sp³-hybridized carbons (Fsp3) is 0.538. The van der Waals surface area contributed by atoms with Crippen molar-refractivity contribution in [3.05, 3.63) is 27.7 Å². The zero-order valence-corrected chi connectivity index (χ0v) is 11.4. The Morgan fingerprint density at radius 1 is 1.44 bits per heavy atom. The molecule has 3 heteroatoms. The largest absolute Gasteiger partial charge is 0.492 e. The molecule has 0 radical (unpaired) electrons. The number of hydrogen-bond donors (Lipinski definition) is 1. The fourth-order valence-corrected chi connectivity index (χ4v) is 2.79. The van der Waals surface area contributed by atoms with Gasteiger partial charge in [-0.05, 0) is 66.2 Å². The highest BCUT2D eigenvalue weighted by atomic mass is 79.9. The van der Waals surface area contributed by atoms with E-state index in [1.54, 1.807) is 0 Å². The van der Waals surface area contributed by atoms with Crippen LogP contribution in [0.1, 0.15) is 31.4 Å². The molecule has 1 heterocycles. The molecule has 0 aromatic heterocycles. The molecule has 2 rings (SSSR count). The van der Waals surface area contributed by atoms with Gasteiger partial charge in [0.1, 0.15) is 5.75 Å². The van der Waals surface area contributed by atoms with Gasteiger partial charge < -0.3 is 10.5 Å². The van der Waals surface area contributed by atoms with E-state index in [1.807, 2.05) is 0 Å². The highest BCUT2D eigenvalue weighted by Gasteiger charge is 2.18. The van der Waals surface area contributed by atoms with E-state index in [1.165, 1.54) is 11.1 Å². The lowest BCUT2D eigenvalue weighted by Crippen LogP contribution is -2.34. The SMILES string of the molecule is CC(C)(N)Cc1cc(Br)c2c(c1)CCCO2. The molecule has 88 valence electrons. The van der Waals surface area contributed by atoms with Crippen LogP contribution >= 0.6 is 15.9 Å². The van der Waals surface area contributed by atoms with Crippen LogP contribution in [0.15, 0.2) is 16.6 Å². The zero-order chi connectivity index (χ0) is 11.8. The first-order valence-electron chi connectivity index (χ1n) is 5.69. The van der Waals surface area contributed by atoms with Crippen molar-refractivity contribution in [3.8, 4) is 5.75 Å². The van der Waals surface area contributed by atoms with Crippen LogP contribution in [0.2, 0.25) is 0 Å². The molecule has 16 heavy (non-hydrogen) atoms. The van der Waals surface area contributed by atoms with Crippen molar-refractivity contribution in [2.24, 2.45) is 5.73 Å². The Kier molecular flexibility index (Phi) is 3.27. The summed E-state index contributed by atoms with van der Waals surface area (Å²) < 4.78 is 6.72. The standard InChI is InChI=1S/C13H18BrNO/c1-13(2,15)8-9-6-10-4-3-5-16-12(10)11(14)7-9/h6-7H,3-5,8,15H2,1-2H3. The van der Waals surface area contributed by atoms with Crippen LogP contribution in [0.25, 0.3) is 0 Å². The lowest BCUT2D eigenvalue weighted by atomic mass is 9.93. The predicted octanol–water partition coefficient (Wildman–Crippen LogP) is 3.05. The maximum Gasteiger partial charge on any atom is 0.136 e. The molecule has 1 aromatic carbocycles. The first-order valence-corrected chi connectivity index (χ1v) is 6.48. The Morgan fingerprint density at radius 2 is 2.19 bits per heavy atom. The molecular formula is C13H18BrNO. The quantitative estimate of drug-likeness (QED) is 0.906. The van der Waals surface area contributed by atoms with Gasteiger partial charge in [0.2, 0.25) is 0 Å². The third kappa shape index (κ3) is 2.77. The van der Waals surface area contributed by atoms with E-state index >= 15 is 0 Å². The van der Waals surface area contributed by atoms with Crippen LogP contribution in [0.4, 0.5) is 0 Å². The van der Waals surface area contributed by atoms with Gasteiger partial charge in [-0.1, -0.05) is 6.07 Å². The van der Waals surface area contributed by atoms with E-state index in [2.05, 4.69) is 41.9 Å². The van der Waals surface area contributed by atoms with Gasteiger partial charge in [-0.25, -0.2) is 0 Å². The van der Waals surface area contributed by atoms with Gasteiger partial charge >= 0.3 is 0 Å². The molecule has 2 N–H and O–H groups in total. The second-order valence-corrected chi connectivity index (χ2v) is 6.04. The molecule has 0 spiro atoms. The summed E-state index contributed by atoms with van der Waals surface area (Å²) >= 11 is 3.57. The molecule has 0 saturated carbocycles. The van der Waals surface area contributed by atoms with E-state index in [0.717, 1.165) is 36.1 Å². The van der Waals surface area contributed by atoms with Gasteiger partial charge in [-0.3, -0.25) is 0 Å². The molecule has 1 aliphatic rings. The predicted molar refractivity (Wildman–Crippen MR) is 69.9 cm³/mol. The van der Waals surface area contributed by atoms with Crippen LogP contribution in [0.3, 0.4) is 0 Å². The molecule has 0 atom stereocenters. The molecular weight excluding hydrogens is 266 g/mol. The van der Waals surface area contributed by atoms with Gasteiger partial charge in [0.15, 0.2) is 0 Å². The number of benzene rings is 1. The summed E-state index contributed by atoms with van der Waals surface area (Å²) in [5.74, 6) is 1.02. The third-order valence-corrected chi connectivity index (χ3v) is 3.27. The summed E-state index contributed by atoms with van der Waals surface area (Å²) in [6.45, 7) is 4.93. The van der Waals surface area contributed by atoms with Crippen LogP contribution < -0.4 is 10.5 Å². The number of ether oxygens (including phenoxy) is 1. The first kappa shape index (κ1) is 11.9. The minimum absolute atomic E-state index is 0.163. The molecule has 1 aromatic rings. The Bertz CT molecular complexity index is 396. The second kappa shape index (κ2) is 4.38. The van der Waals surface area contributed by atoms with E-state index in [9.17, 15) is 0 Å². The number of hydrogen-bond acceptors (Lipinski definition) is 2. The lowest BCUT2D eigenvalue weighted by molar-refractivity contribution is 0.286. The number of rotatable bonds is 2. The number of aryl methyl sites for hydroxylation is 1. The Labute approximate surface area is 105 Å². The van der Waals surface area contributed by atoms with Crippen molar-refractivity contribution < 1.29 is 4.74 Å². The monoisotopic (exact) mass is 283 g/mol. The third-order valence-electron chi connectivity index (χ3n) is 2.68. The van der Waals surface area contributed by atoms with Gasteiger partial charge in [0.05, 0.1) is 11.1 Å². The number of fused-ring (bicyclic) bond motifs is 1. The summed E-state index contributed by atoms with van der Waals surface area (Å²) in [5.41, 5.74) is 8.47. The minimum atomic E-state index is -0.163. The van der Waals surface area contributed by atoms with Crippen LogP contribution in [-0.2, 0) is 12.8 Å². The van der Waals surface area contributed by atoms with E-state index in [4.69, 9.17) is 10.5 Å². The lowest BCUT2D eigenvalue weighted by Gasteiger charge is -2.23. The number of halogens is 1. The zero-order valence-electron chi connectivity index (χ0n) is 9.85. The second-order valence-electron chi connectivity index (χ2n) is 5.18. The summed E-state index contributed by atoms with van der Waals surface area (Å²) in [7, 11) is 0. The molecule has 0 fully saturated rings. The van der Waals surface area contributed by atoms with Gasteiger partial charge in [-0.15, -0.1) is 0 Å². The van der Waals surface area contributed by atoms with Crippen molar-refractivity contribution in [3.63, 3.8) is 0 Å². The van der Waals surface area contributed by atoms with Crippen molar-refractivity contribution in [1.82, 2.24) is 0 Å². The fourth-order valence-electron chi connectivity index (χ4n) is 2.13. The van der Waals surface area contributed by atoms with Gasteiger partial charge in [0, 0.05) is 5.54 Å². The minimum Gasteiger partial charge on any atom is -0.492 e. The molecule has 2 nitrogen and oxygen atoms in total. The number of nitrogens with two attached hydrogens (primary N) is 1. The maximum absolute atomic E-state index is 6.05. The first-order chi connectivity index (χ1) is 7.46. The average Bonchev–Trinajstić information content (AvgIpc) is 2.15. The van der Waals surface area contributed by atoms with Gasteiger partial charge in [0.25, 0.3) is 0 Å². The highest BCUT2D eigenvalue weighted by Crippen LogP contribution is 2.34. The van der Waals surface area contributed by atoms with Crippen molar-refractivity contribution in [2.75, 3.05) is 6.61 Å². The highest BCUT2D eigenvalue weighted by molar-refractivity contribution is 9.10. The summed E-state index contributed by atoms with van der Waals surface area (Å²) in [4.78, 5) is 0. The molecule has 0 saturated heterocycles. The molecule has 0 unspecified atom stereocenters. The molecule has 0 aliphatic carbocycles. The van der Waals surface area contributed by atoms with Crippen LogP contribution in [0, 0.1) is 0 Å². The normalized spacial score (nSPS) is 15.5. The van der Waals surface area contributed by atoms with Crippen molar-refractivity contribution >= 4 is 15.9 Å².